The van der Waals surface area contributed by atoms with Crippen LogP contribution >= 0.6 is 0 Å². The standard InChI is InChI=1S/C18H29NO/c1-3-10-18(20,11-4-2)17(14-19)12-9-15-7-5-6-8-16(15)13-17/h5-8,20H,3-4,9-14,19H2,1-2H3. The molecule has 3 N–H and O–H groups in total. The quantitative estimate of drug-likeness (QED) is 0.835. The van der Waals surface area contributed by atoms with E-state index in [1.807, 2.05) is 0 Å². The lowest BCUT2D eigenvalue weighted by atomic mass is 9.59. The average molecular weight is 275 g/mol. The number of aliphatic hydroxyl groups is 1. The van der Waals surface area contributed by atoms with E-state index in [1.54, 1.807) is 0 Å². The Labute approximate surface area is 123 Å². The molecule has 2 nitrogen and oxygen atoms in total. The van der Waals surface area contributed by atoms with Gasteiger partial charge >= 0.3 is 0 Å². The van der Waals surface area contributed by atoms with Crippen LogP contribution in [0.4, 0.5) is 0 Å². The van der Waals surface area contributed by atoms with Crippen LogP contribution in [0.25, 0.3) is 0 Å². The molecule has 0 saturated heterocycles. The maximum absolute atomic E-state index is 11.3. The van der Waals surface area contributed by atoms with Crippen LogP contribution in [0.3, 0.4) is 0 Å². The average Bonchev–Trinajstić information content (AvgIpc) is 2.47. The van der Waals surface area contributed by atoms with E-state index in [0.29, 0.717) is 6.54 Å². The first-order valence-corrected chi connectivity index (χ1v) is 8.10. The number of aryl methyl sites for hydroxylation is 1. The first-order chi connectivity index (χ1) is 9.61. The lowest BCUT2D eigenvalue weighted by Crippen LogP contribution is -2.55. The fourth-order valence-corrected chi connectivity index (χ4v) is 4.04. The molecule has 0 spiro atoms. The van der Waals surface area contributed by atoms with Gasteiger partial charge in [-0.25, -0.2) is 0 Å². The molecule has 20 heavy (non-hydrogen) atoms. The molecular formula is C18H29NO. The van der Waals surface area contributed by atoms with Crippen LogP contribution in [0.15, 0.2) is 24.3 Å². The minimum absolute atomic E-state index is 0.145. The van der Waals surface area contributed by atoms with Crippen LogP contribution < -0.4 is 5.73 Å². The van der Waals surface area contributed by atoms with Gasteiger partial charge in [0.2, 0.25) is 0 Å². The van der Waals surface area contributed by atoms with Crippen molar-refractivity contribution in [3.8, 4) is 0 Å². The van der Waals surface area contributed by atoms with Crippen molar-refractivity contribution >= 4 is 0 Å². The second kappa shape index (κ2) is 6.28. The molecule has 0 fully saturated rings. The van der Waals surface area contributed by atoms with Crippen LogP contribution in [-0.4, -0.2) is 17.3 Å². The Morgan fingerprint density at radius 1 is 1.15 bits per heavy atom. The Balaban J connectivity index is 2.35. The Bertz CT molecular complexity index is 437. The zero-order chi connectivity index (χ0) is 14.6. The minimum atomic E-state index is -0.612. The predicted molar refractivity (Wildman–Crippen MR) is 84.7 cm³/mol. The van der Waals surface area contributed by atoms with Gasteiger partial charge in [0.25, 0.3) is 0 Å². The van der Waals surface area contributed by atoms with E-state index < -0.39 is 5.60 Å². The summed E-state index contributed by atoms with van der Waals surface area (Å²) in [5, 5.41) is 11.3. The molecule has 0 amide bonds. The van der Waals surface area contributed by atoms with E-state index in [9.17, 15) is 5.11 Å². The Hall–Kier alpha value is -0.860. The summed E-state index contributed by atoms with van der Waals surface area (Å²) in [6.45, 7) is 4.89. The number of hydrogen-bond acceptors (Lipinski definition) is 2. The highest BCUT2D eigenvalue weighted by Crippen LogP contribution is 2.47. The Morgan fingerprint density at radius 2 is 1.75 bits per heavy atom. The van der Waals surface area contributed by atoms with Crippen molar-refractivity contribution in [2.45, 2.75) is 64.4 Å². The molecule has 1 aromatic rings. The predicted octanol–water partition coefficient (Wildman–Crippen LogP) is 3.45. The summed E-state index contributed by atoms with van der Waals surface area (Å²) in [6.07, 6.45) is 6.73. The molecule has 1 aliphatic rings. The number of fused-ring (bicyclic) bond motifs is 1. The molecule has 0 radical (unpaired) electrons. The van der Waals surface area contributed by atoms with Crippen LogP contribution in [0, 0.1) is 5.41 Å². The molecule has 1 aromatic carbocycles. The first kappa shape index (κ1) is 15.5. The fraction of sp³-hybridized carbons (Fsp3) is 0.667. The maximum Gasteiger partial charge on any atom is 0.0718 e. The molecule has 1 unspecified atom stereocenters. The van der Waals surface area contributed by atoms with Gasteiger partial charge in [-0.1, -0.05) is 51.0 Å². The third-order valence-electron chi connectivity index (χ3n) is 5.23. The first-order valence-electron chi connectivity index (χ1n) is 8.10. The Morgan fingerprint density at radius 3 is 2.30 bits per heavy atom. The molecule has 1 aliphatic carbocycles. The van der Waals surface area contributed by atoms with E-state index in [4.69, 9.17) is 5.73 Å². The van der Waals surface area contributed by atoms with Crippen molar-refractivity contribution in [3.63, 3.8) is 0 Å². The van der Waals surface area contributed by atoms with Gasteiger partial charge in [0.1, 0.15) is 0 Å². The monoisotopic (exact) mass is 275 g/mol. The van der Waals surface area contributed by atoms with Gasteiger partial charge in [0.15, 0.2) is 0 Å². The van der Waals surface area contributed by atoms with Crippen molar-refractivity contribution in [3.05, 3.63) is 35.4 Å². The maximum atomic E-state index is 11.3. The largest absolute Gasteiger partial charge is 0.389 e. The molecule has 112 valence electrons. The molecule has 0 aromatic heterocycles. The summed E-state index contributed by atoms with van der Waals surface area (Å²) in [4.78, 5) is 0. The zero-order valence-corrected chi connectivity index (χ0v) is 13.0. The molecule has 0 aliphatic heterocycles. The lowest BCUT2D eigenvalue weighted by Gasteiger charge is -2.50. The summed E-state index contributed by atoms with van der Waals surface area (Å²) in [6, 6.07) is 8.63. The van der Waals surface area contributed by atoms with Crippen molar-refractivity contribution < 1.29 is 5.11 Å². The van der Waals surface area contributed by atoms with E-state index in [1.165, 1.54) is 11.1 Å². The summed E-state index contributed by atoms with van der Waals surface area (Å²) in [7, 11) is 0. The van der Waals surface area contributed by atoms with Gasteiger partial charge in [-0.2, -0.15) is 0 Å². The number of nitrogens with two attached hydrogens (primary N) is 1. The minimum Gasteiger partial charge on any atom is -0.389 e. The van der Waals surface area contributed by atoms with Crippen LogP contribution in [-0.2, 0) is 12.8 Å². The second-order valence-electron chi connectivity index (χ2n) is 6.46. The summed E-state index contributed by atoms with van der Waals surface area (Å²) in [5.41, 5.74) is 8.25. The van der Waals surface area contributed by atoms with Crippen molar-refractivity contribution in [1.29, 1.82) is 0 Å². The van der Waals surface area contributed by atoms with E-state index in [2.05, 4.69) is 38.1 Å². The third-order valence-corrected chi connectivity index (χ3v) is 5.23. The van der Waals surface area contributed by atoms with Crippen LogP contribution in [0.1, 0.15) is 57.1 Å². The number of benzene rings is 1. The van der Waals surface area contributed by atoms with Gasteiger partial charge in [0.05, 0.1) is 5.60 Å². The number of hydrogen-bond donors (Lipinski definition) is 2. The third kappa shape index (κ3) is 2.64. The second-order valence-corrected chi connectivity index (χ2v) is 6.46. The molecule has 0 bridgehead atoms. The van der Waals surface area contributed by atoms with Crippen molar-refractivity contribution in [1.82, 2.24) is 0 Å². The molecule has 1 atom stereocenters. The van der Waals surface area contributed by atoms with Crippen molar-refractivity contribution in [2.24, 2.45) is 11.1 Å². The van der Waals surface area contributed by atoms with Gasteiger partial charge in [-0.15, -0.1) is 0 Å². The highest BCUT2D eigenvalue weighted by molar-refractivity contribution is 5.32. The topological polar surface area (TPSA) is 46.2 Å². The SMILES string of the molecule is CCCC(O)(CCC)C1(CN)CCc2ccccc2C1. The number of rotatable bonds is 6. The van der Waals surface area contributed by atoms with Crippen molar-refractivity contribution in [2.75, 3.05) is 6.54 Å². The summed E-state index contributed by atoms with van der Waals surface area (Å²) >= 11 is 0. The molecule has 2 rings (SSSR count). The zero-order valence-electron chi connectivity index (χ0n) is 13.0. The normalized spacial score (nSPS) is 22.6. The molecular weight excluding hydrogens is 246 g/mol. The van der Waals surface area contributed by atoms with E-state index >= 15 is 0 Å². The van der Waals surface area contributed by atoms with Gasteiger partial charge in [-0.05, 0) is 43.2 Å². The van der Waals surface area contributed by atoms with E-state index in [-0.39, 0.29) is 5.41 Å². The molecule has 0 saturated carbocycles. The van der Waals surface area contributed by atoms with E-state index in [0.717, 1.165) is 44.9 Å². The molecule has 0 heterocycles. The summed E-state index contributed by atoms with van der Waals surface area (Å²) < 4.78 is 0. The smallest absolute Gasteiger partial charge is 0.0718 e. The van der Waals surface area contributed by atoms with Gasteiger partial charge < -0.3 is 10.8 Å². The molecule has 2 heteroatoms. The highest BCUT2D eigenvalue weighted by Gasteiger charge is 2.49. The van der Waals surface area contributed by atoms with Gasteiger partial charge in [-0.3, -0.25) is 0 Å². The van der Waals surface area contributed by atoms with Crippen LogP contribution in [0.2, 0.25) is 0 Å². The highest BCUT2D eigenvalue weighted by atomic mass is 16.3. The van der Waals surface area contributed by atoms with Crippen LogP contribution in [0.5, 0.6) is 0 Å². The lowest BCUT2D eigenvalue weighted by molar-refractivity contribution is -0.101. The Kier molecular flexibility index (Phi) is 4.87. The van der Waals surface area contributed by atoms with Gasteiger partial charge in [0, 0.05) is 12.0 Å². The fourth-order valence-electron chi connectivity index (χ4n) is 4.04. The summed E-state index contributed by atoms with van der Waals surface area (Å²) in [5.74, 6) is 0.